The van der Waals surface area contributed by atoms with Crippen molar-refractivity contribution in [2.45, 2.75) is 95.3 Å². The van der Waals surface area contributed by atoms with Crippen LogP contribution in [0, 0.1) is 17.8 Å². The van der Waals surface area contributed by atoms with Crippen LogP contribution in [0.2, 0.25) is 0 Å². The second-order valence-corrected chi connectivity index (χ2v) is 13.6. The third kappa shape index (κ3) is 5.88. The van der Waals surface area contributed by atoms with Gasteiger partial charge in [-0.05, 0) is 92.9 Å². The molecular weight excluding hydrogens is 538 g/mol. The molecule has 0 spiro atoms. The van der Waals surface area contributed by atoms with Gasteiger partial charge in [0.05, 0.1) is 36.8 Å². The number of aromatic nitrogens is 2. The third-order valence-electron chi connectivity index (χ3n) is 10.5. The molecule has 5 saturated carbocycles. The van der Waals surface area contributed by atoms with Crippen molar-refractivity contribution in [1.82, 2.24) is 9.55 Å². The number of ether oxygens (including phenoxy) is 2. The van der Waals surface area contributed by atoms with E-state index in [1.165, 1.54) is 76.5 Å². The smallest absolute Gasteiger partial charge is 0.337 e. The van der Waals surface area contributed by atoms with E-state index in [4.69, 9.17) is 14.5 Å². The van der Waals surface area contributed by atoms with E-state index in [2.05, 4.69) is 39.9 Å². The highest BCUT2D eigenvalue weighted by Crippen LogP contribution is 2.57. The largest absolute Gasteiger partial charge is 0.506 e. The number of nitrogens with zero attached hydrogens (tertiary/aromatic N) is 3. The van der Waals surface area contributed by atoms with Gasteiger partial charge in [-0.2, -0.15) is 0 Å². The molecule has 0 unspecified atom stereocenters. The Balaban J connectivity index is 1.27. The maximum absolute atomic E-state index is 12.2. The molecule has 1 N–H and O–H groups in total. The van der Waals surface area contributed by atoms with E-state index in [9.17, 15) is 9.90 Å². The Morgan fingerprint density at radius 1 is 1.02 bits per heavy atom. The summed E-state index contributed by atoms with van der Waals surface area (Å²) in [6.45, 7) is 1.23. The van der Waals surface area contributed by atoms with Gasteiger partial charge in [0.25, 0.3) is 0 Å². The molecule has 1 aromatic heterocycles. The number of carbonyl (C=O) groups is 1. The van der Waals surface area contributed by atoms with Crippen molar-refractivity contribution in [3.05, 3.63) is 76.9 Å². The second kappa shape index (κ2) is 11.9. The number of hydrogen-bond donors (Lipinski definition) is 1. The maximum atomic E-state index is 12.2. The Hall–Kier alpha value is -3.45. The van der Waals surface area contributed by atoms with Gasteiger partial charge in [0.1, 0.15) is 23.0 Å². The molecule has 0 radical (unpaired) electrons. The van der Waals surface area contributed by atoms with E-state index in [0.29, 0.717) is 23.8 Å². The van der Waals surface area contributed by atoms with E-state index >= 15 is 0 Å². The first kappa shape index (κ1) is 28.3. The van der Waals surface area contributed by atoms with Gasteiger partial charge in [-0.25, -0.2) is 9.78 Å². The number of imidazole rings is 1. The van der Waals surface area contributed by atoms with E-state index < -0.39 is 5.97 Å². The van der Waals surface area contributed by atoms with Crippen LogP contribution in [0.5, 0.6) is 5.75 Å². The molecule has 5 fully saturated rings. The zero-order chi connectivity index (χ0) is 29.4. The van der Waals surface area contributed by atoms with Crippen LogP contribution in [0.1, 0.15) is 110 Å². The molecule has 5 aliphatic rings. The first-order valence-corrected chi connectivity index (χ1v) is 16.2. The summed E-state index contributed by atoms with van der Waals surface area (Å²) in [6, 6.07) is 15.2. The van der Waals surface area contributed by atoms with E-state index in [-0.39, 0.29) is 11.4 Å². The number of carbonyl (C=O) groups excluding carboxylic acids is 1. The van der Waals surface area contributed by atoms with Crippen molar-refractivity contribution < 1.29 is 19.4 Å². The highest BCUT2D eigenvalue weighted by atomic mass is 16.5. The molecule has 1 heterocycles. The number of aromatic hydroxyl groups is 1. The molecule has 5 aliphatic carbocycles. The lowest BCUT2D eigenvalue weighted by atomic mass is 9.54. The molecule has 7 nitrogen and oxygen atoms in total. The van der Waals surface area contributed by atoms with Crippen molar-refractivity contribution in [2.75, 3.05) is 7.11 Å². The summed E-state index contributed by atoms with van der Waals surface area (Å²) in [6.07, 6.45) is 15.4. The van der Waals surface area contributed by atoms with Crippen LogP contribution in [0.25, 0.3) is 0 Å². The number of benzene rings is 2. The highest BCUT2D eigenvalue weighted by Gasteiger charge is 2.51. The first-order chi connectivity index (χ1) is 21.0. The minimum atomic E-state index is -0.465. The summed E-state index contributed by atoms with van der Waals surface area (Å²) in [5.41, 5.74) is 3.70. The fourth-order valence-corrected chi connectivity index (χ4v) is 8.83. The molecule has 2 aromatic carbocycles. The number of phenolic OH excluding ortho intramolecular Hbond substituents is 1. The Morgan fingerprint density at radius 3 is 2.40 bits per heavy atom. The van der Waals surface area contributed by atoms with Gasteiger partial charge in [0.2, 0.25) is 0 Å². The topological polar surface area (TPSA) is 85.9 Å². The zero-order valence-electron chi connectivity index (χ0n) is 25.2. The number of methoxy groups -OCH3 is 1. The van der Waals surface area contributed by atoms with E-state index in [1.807, 2.05) is 0 Å². The lowest BCUT2D eigenvalue weighted by Gasteiger charge is -2.56. The number of esters is 1. The molecule has 7 heteroatoms. The van der Waals surface area contributed by atoms with Crippen LogP contribution in [0.4, 0.5) is 5.69 Å². The third-order valence-corrected chi connectivity index (χ3v) is 10.5. The molecule has 3 aromatic rings. The Labute approximate surface area is 254 Å². The van der Waals surface area contributed by atoms with Gasteiger partial charge in [0, 0.05) is 12.5 Å². The van der Waals surface area contributed by atoms with E-state index in [0.717, 1.165) is 54.4 Å². The number of aliphatic imine (C=N–C) groups is 1. The number of hydrogen-bond acceptors (Lipinski definition) is 6. The van der Waals surface area contributed by atoms with E-state index in [1.54, 1.807) is 18.3 Å². The predicted octanol–water partition coefficient (Wildman–Crippen LogP) is 7.71. The molecule has 0 amide bonds. The Kier molecular flexibility index (Phi) is 7.85. The zero-order valence-corrected chi connectivity index (χ0v) is 25.2. The van der Waals surface area contributed by atoms with Gasteiger partial charge < -0.3 is 19.1 Å². The lowest BCUT2D eigenvalue weighted by Crippen LogP contribution is -2.51. The Bertz CT molecular complexity index is 1450. The maximum Gasteiger partial charge on any atom is 0.337 e. The fourth-order valence-electron chi connectivity index (χ4n) is 8.83. The van der Waals surface area contributed by atoms with Gasteiger partial charge in [-0.1, -0.05) is 49.6 Å². The minimum absolute atomic E-state index is 0.00601. The van der Waals surface area contributed by atoms with Crippen LogP contribution in [-0.2, 0) is 22.6 Å². The number of phenols is 1. The molecule has 0 aliphatic heterocycles. The quantitative estimate of drug-likeness (QED) is 0.207. The summed E-state index contributed by atoms with van der Waals surface area (Å²) >= 11 is 0. The summed E-state index contributed by atoms with van der Waals surface area (Å²) < 4.78 is 14.3. The molecular formula is C36H43N3O4. The van der Waals surface area contributed by atoms with Gasteiger partial charge >= 0.3 is 5.97 Å². The van der Waals surface area contributed by atoms with Crippen LogP contribution >= 0.6 is 0 Å². The van der Waals surface area contributed by atoms with Crippen LogP contribution in [-0.4, -0.2) is 39.6 Å². The summed E-state index contributed by atoms with van der Waals surface area (Å²) in [5.74, 6) is 3.48. The minimum Gasteiger partial charge on any atom is -0.506 e. The fraction of sp³-hybridized carbons (Fsp3) is 0.528. The molecule has 0 saturated heterocycles. The summed E-state index contributed by atoms with van der Waals surface area (Å²) in [4.78, 5) is 22.1. The van der Waals surface area contributed by atoms with Crippen molar-refractivity contribution in [3.63, 3.8) is 0 Å². The van der Waals surface area contributed by atoms with Gasteiger partial charge in [-0.3, -0.25) is 4.99 Å². The van der Waals surface area contributed by atoms with Crippen molar-refractivity contribution in [2.24, 2.45) is 22.7 Å². The molecule has 4 bridgehead atoms. The van der Waals surface area contributed by atoms with Crippen LogP contribution < -0.4 is 0 Å². The van der Waals surface area contributed by atoms with Crippen molar-refractivity contribution in [3.8, 4) is 5.75 Å². The standard InChI is InChI=1S/C36H43N3O4/c1-42-35(41)29-12-13-33(40)30(17-29)37-21-31-32(23-43-36-18-25-14-26(19-36)16-27(15-25)20-36)39(22-24-8-4-2-5-9-24)34(38-31)28-10-6-3-7-11-28/h2,4-5,8-9,12-13,17,21,25-28,40H,3,6-7,10-11,14-16,18-20,22-23H2,1H3/b37-21+. The summed E-state index contributed by atoms with van der Waals surface area (Å²) in [7, 11) is 1.35. The SMILES string of the molecule is COC(=O)c1ccc(O)c(/N=C/c2nc(C3CCCCC3)n(Cc3ccccc3)c2COC23CC4CC(CC(C4)C2)C3)c1. The molecule has 43 heavy (non-hydrogen) atoms. The van der Waals surface area contributed by atoms with Crippen LogP contribution in [0.15, 0.2) is 53.5 Å². The molecule has 0 atom stereocenters. The summed E-state index contributed by atoms with van der Waals surface area (Å²) in [5, 5.41) is 10.6. The van der Waals surface area contributed by atoms with Crippen LogP contribution in [0.3, 0.4) is 0 Å². The molecule has 8 rings (SSSR count). The predicted molar refractivity (Wildman–Crippen MR) is 166 cm³/mol. The van der Waals surface area contributed by atoms with Crippen molar-refractivity contribution in [1.29, 1.82) is 0 Å². The van der Waals surface area contributed by atoms with Gasteiger partial charge in [-0.15, -0.1) is 0 Å². The highest BCUT2D eigenvalue weighted by molar-refractivity contribution is 5.91. The van der Waals surface area contributed by atoms with Gasteiger partial charge in [0.15, 0.2) is 0 Å². The molecule has 226 valence electrons. The lowest BCUT2D eigenvalue weighted by molar-refractivity contribution is -0.169. The average Bonchev–Trinajstić information content (AvgIpc) is 3.36. The Morgan fingerprint density at radius 2 is 1.72 bits per heavy atom. The number of rotatable bonds is 9. The normalized spacial score (nSPS) is 26.8. The second-order valence-electron chi connectivity index (χ2n) is 13.6. The monoisotopic (exact) mass is 581 g/mol. The average molecular weight is 582 g/mol. The van der Waals surface area contributed by atoms with Crippen molar-refractivity contribution >= 4 is 17.9 Å². The first-order valence-electron chi connectivity index (χ1n) is 16.2.